The van der Waals surface area contributed by atoms with E-state index in [1.54, 1.807) is 29.2 Å². The number of carbonyl (C=O) groups excluding carboxylic acids is 1. The van der Waals surface area contributed by atoms with Crippen LogP contribution in [0.1, 0.15) is 45.0 Å². The first kappa shape index (κ1) is 19.1. The lowest BCUT2D eigenvalue weighted by Crippen LogP contribution is -2.39. The highest BCUT2D eigenvalue weighted by Gasteiger charge is 2.25. The van der Waals surface area contributed by atoms with E-state index in [1.807, 2.05) is 12.1 Å². The second kappa shape index (κ2) is 7.52. The first-order valence-corrected chi connectivity index (χ1v) is 10.6. The Hall–Kier alpha value is -2.67. The van der Waals surface area contributed by atoms with Crippen molar-refractivity contribution >= 4 is 21.7 Å². The Labute approximate surface area is 158 Å². The SMILES string of the molecule is CS(=O)(=O)c1ccc(C(=O)N2CCC[C@H](c3ccc(C(=O)O)cc3)C2)cc1. The molecule has 0 spiro atoms. The van der Waals surface area contributed by atoms with E-state index in [2.05, 4.69) is 0 Å². The van der Waals surface area contributed by atoms with Crippen molar-refractivity contribution in [2.24, 2.45) is 0 Å². The van der Waals surface area contributed by atoms with Crippen LogP contribution in [0.4, 0.5) is 0 Å². The summed E-state index contributed by atoms with van der Waals surface area (Å²) in [5.74, 6) is -0.928. The molecule has 1 N–H and O–H groups in total. The van der Waals surface area contributed by atoms with Gasteiger partial charge in [0.15, 0.2) is 9.84 Å². The number of hydrogen-bond donors (Lipinski definition) is 1. The van der Waals surface area contributed by atoms with Gasteiger partial charge in [-0.15, -0.1) is 0 Å². The standard InChI is InChI=1S/C20H21NO5S/c1-27(25,26)18-10-8-15(9-11-18)19(22)21-12-2-3-17(13-21)14-4-6-16(7-5-14)20(23)24/h4-11,17H,2-3,12-13H2,1H3,(H,23,24)/t17-/m0/s1. The number of aromatic carboxylic acids is 1. The molecule has 1 saturated heterocycles. The average molecular weight is 387 g/mol. The number of hydrogen-bond acceptors (Lipinski definition) is 4. The molecule has 0 saturated carbocycles. The zero-order chi connectivity index (χ0) is 19.6. The quantitative estimate of drug-likeness (QED) is 0.871. The van der Waals surface area contributed by atoms with Crippen LogP contribution in [0.25, 0.3) is 0 Å². The largest absolute Gasteiger partial charge is 0.478 e. The van der Waals surface area contributed by atoms with E-state index >= 15 is 0 Å². The highest BCUT2D eigenvalue weighted by Crippen LogP contribution is 2.28. The molecular formula is C20H21NO5S. The fourth-order valence-corrected chi connectivity index (χ4v) is 3.99. The molecule has 2 aromatic rings. The van der Waals surface area contributed by atoms with Gasteiger partial charge in [0.05, 0.1) is 10.5 Å². The van der Waals surface area contributed by atoms with Crippen molar-refractivity contribution in [3.63, 3.8) is 0 Å². The smallest absolute Gasteiger partial charge is 0.335 e. The van der Waals surface area contributed by atoms with Crippen LogP contribution in [-0.2, 0) is 9.84 Å². The lowest BCUT2D eigenvalue weighted by atomic mass is 9.90. The number of nitrogens with zero attached hydrogens (tertiary/aromatic N) is 1. The molecule has 1 atom stereocenters. The fraction of sp³-hybridized carbons (Fsp3) is 0.300. The minimum Gasteiger partial charge on any atom is -0.478 e. The molecule has 6 nitrogen and oxygen atoms in total. The minimum absolute atomic E-state index is 0.123. The van der Waals surface area contributed by atoms with E-state index in [9.17, 15) is 18.0 Å². The predicted molar refractivity (Wildman–Crippen MR) is 101 cm³/mol. The second-order valence-corrected chi connectivity index (χ2v) is 8.83. The summed E-state index contributed by atoms with van der Waals surface area (Å²) in [6, 6.07) is 12.8. The van der Waals surface area contributed by atoms with Crippen molar-refractivity contribution < 1.29 is 23.1 Å². The molecule has 1 heterocycles. The van der Waals surface area contributed by atoms with Gasteiger partial charge >= 0.3 is 5.97 Å². The molecule has 1 fully saturated rings. The van der Waals surface area contributed by atoms with Crippen LogP contribution in [0, 0.1) is 0 Å². The van der Waals surface area contributed by atoms with Crippen molar-refractivity contribution in [2.45, 2.75) is 23.7 Å². The number of carbonyl (C=O) groups is 2. The number of carboxylic acid groups (broad SMARTS) is 1. The predicted octanol–water partition coefficient (Wildman–Crippen LogP) is 2.81. The van der Waals surface area contributed by atoms with Crippen LogP contribution < -0.4 is 0 Å². The van der Waals surface area contributed by atoms with E-state index in [0.29, 0.717) is 18.7 Å². The van der Waals surface area contributed by atoms with Gasteiger partial charge in [-0.25, -0.2) is 13.2 Å². The zero-order valence-corrected chi connectivity index (χ0v) is 15.8. The molecule has 2 aromatic carbocycles. The van der Waals surface area contributed by atoms with Gasteiger partial charge in [0.2, 0.25) is 0 Å². The Bertz CT molecular complexity index is 949. The molecule has 3 rings (SSSR count). The average Bonchev–Trinajstić information content (AvgIpc) is 2.67. The Kier molecular flexibility index (Phi) is 5.32. The van der Waals surface area contributed by atoms with Gasteiger partial charge in [0.25, 0.3) is 5.91 Å². The third kappa shape index (κ3) is 4.36. The highest BCUT2D eigenvalue weighted by molar-refractivity contribution is 7.90. The Morgan fingerprint density at radius 1 is 1.00 bits per heavy atom. The van der Waals surface area contributed by atoms with Gasteiger partial charge in [-0.3, -0.25) is 4.79 Å². The van der Waals surface area contributed by atoms with E-state index in [1.165, 1.54) is 12.1 Å². The van der Waals surface area contributed by atoms with Gasteiger partial charge in [0, 0.05) is 30.8 Å². The number of piperidine rings is 1. The van der Waals surface area contributed by atoms with Gasteiger partial charge in [-0.1, -0.05) is 12.1 Å². The number of rotatable bonds is 4. The Balaban J connectivity index is 1.73. The Morgan fingerprint density at radius 2 is 1.59 bits per heavy atom. The molecule has 0 radical (unpaired) electrons. The summed E-state index contributed by atoms with van der Waals surface area (Å²) in [4.78, 5) is 25.7. The molecule has 27 heavy (non-hydrogen) atoms. The molecule has 0 bridgehead atoms. The summed E-state index contributed by atoms with van der Waals surface area (Å²) in [6.45, 7) is 1.20. The first-order chi connectivity index (χ1) is 12.8. The Morgan fingerprint density at radius 3 is 2.15 bits per heavy atom. The van der Waals surface area contributed by atoms with E-state index in [4.69, 9.17) is 5.11 Å². The summed E-state index contributed by atoms with van der Waals surface area (Å²) in [6.07, 6.45) is 2.93. The maximum atomic E-state index is 12.8. The van der Waals surface area contributed by atoms with Gasteiger partial charge < -0.3 is 10.0 Å². The van der Waals surface area contributed by atoms with Crippen molar-refractivity contribution in [1.29, 1.82) is 0 Å². The van der Waals surface area contributed by atoms with E-state index in [-0.39, 0.29) is 22.3 Å². The summed E-state index contributed by atoms with van der Waals surface area (Å²) in [5, 5.41) is 9.01. The van der Waals surface area contributed by atoms with Crippen molar-refractivity contribution in [2.75, 3.05) is 19.3 Å². The molecular weight excluding hydrogens is 366 g/mol. The molecule has 1 aliphatic rings. The summed E-state index contributed by atoms with van der Waals surface area (Å²) < 4.78 is 23.1. The van der Waals surface area contributed by atoms with Crippen molar-refractivity contribution in [1.82, 2.24) is 4.90 Å². The monoisotopic (exact) mass is 387 g/mol. The highest BCUT2D eigenvalue weighted by atomic mass is 32.2. The van der Waals surface area contributed by atoms with Crippen molar-refractivity contribution in [3.05, 3.63) is 65.2 Å². The molecule has 0 aromatic heterocycles. The second-order valence-electron chi connectivity index (χ2n) is 6.81. The molecule has 0 unspecified atom stereocenters. The number of likely N-dealkylation sites (tertiary alicyclic amines) is 1. The molecule has 0 aliphatic carbocycles. The maximum Gasteiger partial charge on any atom is 0.335 e. The first-order valence-electron chi connectivity index (χ1n) is 8.68. The number of carboxylic acids is 1. The zero-order valence-electron chi connectivity index (χ0n) is 15.0. The molecule has 1 aliphatic heterocycles. The van der Waals surface area contributed by atoms with Crippen LogP contribution in [0.15, 0.2) is 53.4 Å². The summed E-state index contributed by atoms with van der Waals surface area (Å²) in [5.41, 5.74) is 1.72. The van der Waals surface area contributed by atoms with E-state index in [0.717, 1.165) is 24.7 Å². The number of sulfone groups is 1. The summed E-state index contributed by atoms with van der Waals surface area (Å²) in [7, 11) is -3.29. The number of benzene rings is 2. The maximum absolute atomic E-state index is 12.8. The number of amides is 1. The lowest BCUT2D eigenvalue weighted by Gasteiger charge is -2.33. The van der Waals surface area contributed by atoms with Crippen molar-refractivity contribution in [3.8, 4) is 0 Å². The van der Waals surface area contributed by atoms with Gasteiger partial charge in [-0.2, -0.15) is 0 Å². The summed E-state index contributed by atoms with van der Waals surface area (Å²) >= 11 is 0. The lowest BCUT2D eigenvalue weighted by molar-refractivity contribution is 0.0693. The minimum atomic E-state index is -3.29. The van der Waals surface area contributed by atoms with Crippen LogP contribution in [0.2, 0.25) is 0 Å². The molecule has 142 valence electrons. The van der Waals surface area contributed by atoms with Crippen LogP contribution in [-0.4, -0.2) is 49.6 Å². The third-order valence-corrected chi connectivity index (χ3v) is 6.00. The van der Waals surface area contributed by atoms with Gasteiger partial charge in [-0.05, 0) is 54.8 Å². The third-order valence-electron chi connectivity index (χ3n) is 4.87. The fourth-order valence-electron chi connectivity index (χ4n) is 3.36. The van der Waals surface area contributed by atoms with Gasteiger partial charge in [0.1, 0.15) is 0 Å². The van der Waals surface area contributed by atoms with Crippen LogP contribution in [0.3, 0.4) is 0 Å². The molecule has 7 heteroatoms. The normalized spacial score (nSPS) is 17.5. The van der Waals surface area contributed by atoms with Crippen LogP contribution in [0.5, 0.6) is 0 Å². The molecule has 1 amide bonds. The topological polar surface area (TPSA) is 91.8 Å². The van der Waals surface area contributed by atoms with E-state index < -0.39 is 15.8 Å². The van der Waals surface area contributed by atoms with Crippen LogP contribution >= 0.6 is 0 Å².